The van der Waals surface area contributed by atoms with Crippen molar-refractivity contribution in [3.05, 3.63) is 32.3 Å². The zero-order valence-corrected chi connectivity index (χ0v) is 8.16. The first kappa shape index (κ1) is 10.8. The van der Waals surface area contributed by atoms with Crippen molar-refractivity contribution in [3.63, 3.8) is 0 Å². The van der Waals surface area contributed by atoms with Gasteiger partial charge in [-0.25, -0.2) is 8.78 Å². The normalized spacial score (nSPS) is 10.6. The molecule has 1 N–H and O–H groups in total. The molecule has 0 saturated carbocycles. The Morgan fingerprint density at radius 3 is 2.50 bits per heavy atom. The summed E-state index contributed by atoms with van der Waals surface area (Å²) >= 11 is 2.67. The van der Waals surface area contributed by atoms with Gasteiger partial charge in [0.15, 0.2) is 0 Å². The van der Waals surface area contributed by atoms with Crippen LogP contribution in [0.15, 0.2) is 16.6 Å². The number of nitro benzene ring substituents is 1. The molecule has 1 aromatic carbocycles. The third-order valence-corrected chi connectivity index (χ3v) is 2.34. The highest BCUT2D eigenvalue weighted by molar-refractivity contribution is 9.10. The summed E-state index contributed by atoms with van der Waals surface area (Å²) in [5, 5.41) is 19.5. The smallest absolute Gasteiger partial charge is 0.287 e. The predicted molar refractivity (Wildman–Crippen MR) is 47.4 cm³/mol. The van der Waals surface area contributed by atoms with Gasteiger partial charge in [0.05, 0.1) is 10.5 Å². The number of phenolic OH excluding ortho intramolecular Hbond substituents is 1. The molecule has 14 heavy (non-hydrogen) atoms. The number of hydrogen-bond acceptors (Lipinski definition) is 3. The van der Waals surface area contributed by atoms with Gasteiger partial charge in [-0.1, -0.05) is 0 Å². The lowest BCUT2D eigenvalue weighted by Gasteiger charge is -2.04. The van der Waals surface area contributed by atoms with Crippen LogP contribution < -0.4 is 0 Å². The fraction of sp³-hybridized carbons (Fsp3) is 0.143. The molecule has 0 atom stereocenters. The standard InChI is InChI=1S/C7H4BrF2NO3/c8-5-4(11(13)14)2-1-3(6(5)12)7(9)10/h1-2,7,12H. The summed E-state index contributed by atoms with van der Waals surface area (Å²) in [6.07, 6.45) is -2.87. The molecule has 0 spiro atoms. The number of phenols is 1. The van der Waals surface area contributed by atoms with Crippen LogP contribution in [0.3, 0.4) is 0 Å². The number of halogens is 3. The Balaban J connectivity index is 3.33. The first-order valence-electron chi connectivity index (χ1n) is 3.39. The van der Waals surface area contributed by atoms with E-state index in [0.717, 1.165) is 12.1 Å². The van der Waals surface area contributed by atoms with Crippen molar-refractivity contribution >= 4 is 21.6 Å². The summed E-state index contributed by atoms with van der Waals surface area (Å²) in [4.78, 5) is 9.55. The maximum absolute atomic E-state index is 12.2. The van der Waals surface area contributed by atoms with Gasteiger partial charge in [-0.05, 0) is 22.0 Å². The van der Waals surface area contributed by atoms with E-state index in [2.05, 4.69) is 15.9 Å². The molecular formula is C7H4BrF2NO3. The van der Waals surface area contributed by atoms with Crippen molar-refractivity contribution in [2.45, 2.75) is 6.43 Å². The van der Waals surface area contributed by atoms with Crippen LogP contribution in [0.2, 0.25) is 0 Å². The number of hydrogen-bond donors (Lipinski definition) is 1. The van der Waals surface area contributed by atoms with Crippen molar-refractivity contribution in [1.29, 1.82) is 0 Å². The average molecular weight is 268 g/mol. The third kappa shape index (κ3) is 1.82. The summed E-state index contributed by atoms with van der Waals surface area (Å²) in [5.74, 6) is -0.797. The van der Waals surface area contributed by atoms with Crippen LogP contribution in [0.5, 0.6) is 5.75 Å². The molecule has 7 heteroatoms. The highest BCUT2D eigenvalue weighted by Crippen LogP contribution is 2.39. The molecule has 4 nitrogen and oxygen atoms in total. The second kappa shape index (κ2) is 3.87. The first-order chi connectivity index (χ1) is 6.45. The van der Waals surface area contributed by atoms with E-state index in [-0.39, 0.29) is 4.47 Å². The maximum Gasteiger partial charge on any atom is 0.287 e. The molecular weight excluding hydrogens is 264 g/mol. The first-order valence-corrected chi connectivity index (χ1v) is 4.18. The van der Waals surface area contributed by atoms with Gasteiger partial charge in [0, 0.05) is 6.07 Å². The van der Waals surface area contributed by atoms with Crippen LogP contribution >= 0.6 is 15.9 Å². The summed E-state index contributed by atoms with van der Waals surface area (Å²) < 4.78 is 24.0. The minimum Gasteiger partial charge on any atom is -0.506 e. The van der Waals surface area contributed by atoms with E-state index in [1.165, 1.54) is 0 Å². The quantitative estimate of drug-likeness (QED) is 0.662. The van der Waals surface area contributed by atoms with Crippen LogP contribution in [-0.2, 0) is 0 Å². The molecule has 0 saturated heterocycles. The monoisotopic (exact) mass is 267 g/mol. The number of alkyl halides is 2. The average Bonchev–Trinajstić information content (AvgIpc) is 2.08. The fourth-order valence-electron chi connectivity index (χ4n) is 0.886. The van der Waals surface area contributed by atoms with Gasteiger partial charge in [0.2, 0.25) is 0 Å². The maximum atomic E-state index is 12.2. The Morgan fingerprint density at radius 2 is 2.07 bits per heavy atom. The van der Waals surface area contributed by atoms with Crippen molar-refractivity contribution < 1.29 is 18.8 Å². The zero-order chi connectivity index (χ0) is 10.9. The van der Waals surface area contributed by atoms with Gasteiger partial charge in [0.1, 0.15) is 10.2 Å². The molecule has 0 unspecified atom stereocenters. The second-order valence-electron chi connectivity index (χ2n) is 2.39. The Morgan fingerprint density at radius 1 is 1.50 bits per heavy atom. The Bertz CT molecular complexity index is 383. The number of benzene rings is 1. The molecule has 76 valence electrons. The van der Waals surface area contributed by atoms with Gasteiger partial charge < -0.3 is 5.11 Å². The number of nitro groups is 1. The molecule has 0 aromatic heterocycles. The van der Waals surface area contributed by atoms with E-state index >= 15 is 0 Å². The van der Waals surface area contributed by atoms with Gasteiger partial charge in [-0.2, -0.15) is 0 Å². The number of nitrogens with zero attached hydrogens (tertiary/aromatic N) is 1. The van der Waals surface area contributed by atoms with E-state index < -0.39 is 28.3 Å². The zero-order valence-electron chi connectivity index (χ0n) is 6.58. The molecule has 0 amide bonds. The molecule has 0 aliphatic heterocycles. The topological polar surface area (TPSA) is 63.4 Å². The van der Waals surface area contributed by atoms with E-state index in [4.69, 9.17) is 5.11 Å². The van der Waals surface area contributed by atoms with Crippen molar-refractivity contribution in [2.75, 3.05) is 0 Å². The molecule has 0 fully saturated rings. The predicted octanol–water partition coefficient (Wildman–Crippen LogP) is 3.00. The van der Waals surface area contributed by atoms with Crippen LogP contribution in [0.1, 0.15) is 12.0 Å². The minimum atomic E-state index is -2.87. The Hall–Kier alpha value is -1.24. The largest absolute Gasteiger partial charge is 0.506 e. The van der Waals surface area contributed by atoms with Crippen LogP contribution in [-0.4, -0.2) is 10.0 Å². The lowest BCUT2D eigenvalue weighted by Crippen LogP contribution is -1.93. The highest BCUT2D eigenvalue weighted by atomic mass is 79.9. The Labute approximate surface area is 85.4 Å². The SMILES string of the molecule is O=[N+]([O-])c1ccc(C(F)F)c(O)c1Br. The van der Waals surface area contributed by atoms with Gasteiger partial charge in [-0.3, -0.25) is 10.1 Å². The van der Waals surface area contributed by atoms with Crippen LogP contribution in [0.4, 0.5) is 14.5 Å². The molecule has 0 heterocycles. The summed E-state index contributed by atoms with van der Waals surface area (Å²) in [6.45, 7) is 0. The number of aromatic hydroxyl groups is 1. The Kier molecular flexibility index (Phi) is 3.00. The van der Waals surface area contributed by atoms with Crippen LogP contribution in [0.25, 0.3) is 0 Å². The highest BCUT2D eigenvalue weighted by Gasteiger charge is 2.22. The lowest BCUT2D eigenvalue weighted by molar-refractivity contribution is -0.385. The van der Waals surface area contributed by atoms with Crippen LogP contribution in [0, 0.1) is 10.1 Å². The molecule has 0 aliphatic carbocycles. The van der Waals surface area contributed by atoms with E-state index in [9.17, 15) is 18.9 Å². The van der Waals surface area contributed by atoms with Crippen molar-refractivity contribution in [2.24, 2.45) is 0 Å². The molecule has 0 aliphatic rings. The van der Waals surface area contributed by atoms with Gasteiger partial charge >= 0.3 is 0 Å². The summed E-state index contributed by atoms with van der Waals surface area (Å²) in [6, 6.07) is 1.73. The summed E-state index contributed by atoms with van der Waals surface area (Å²) in [5.41, 5.74) is -1.09. The van der Waals surface area contributed by atoms with Crippen molar-refractivity contribution in [1.82, 2.24) is 0 Å². The third-order valence-electron chi connectivity index (χ3n) is 1.56. The number of rotatable bonds is 2. The second-order valence-corrected chi connectivity index (χ2v) is 3.19. The molecule has 1 rings (SSSR count). The van der Waals surface area contributed by atoms with E-state index in [0.29, 0.717) is 0 Å². The van der Waals surface area contributed by atoms with Gasteiger partial charge in [0.25, 0.3) is 12.1 Å². The molecule has 1 aromatic rings. The minimum absolute atomic E-state index is 0.333. The van der Waals surface area contributed by atoms with E-state index in [1.807, 2.05) is 0 Å². The van der Waals surface area contributed by atoms with Gasteiger partial charge in [-0.15, -0.1) is 0 Å². The van der Waals surface area contributed by atoms with E-state index in [1.54, 1.807) is 0 Å². The summed E-state index contributed by atoms with van der Waals surface area (Å²) in [7, 11) is 0. The fourth-order valence-corrected chi connectivity index (χ4v) is 1.39. The molecule has 0 radical (unpaired) electrons. The molecule has 0 bridgehead atoms. The lowest BCUT2D eigenvalue weighted by atomic mass is 10.2. The van der Waals surface area contributed by atoms with Crippen molar-refractivity contribution in [3.8, 4) is 5.75 Å².